The number of carbonyl (C=O) groups is 6. The summed E-state index contributed by atoms with van der Waals surface area (Å²) in [6, 6.07) is 107. The molecule has 6 amide bonds. The van der Waals surface area contributed by atoms with E-state index in [9.17, 15) is 49.2 Å². The van der Waals surface area contributed by atoms with Crippen LogP contribution in [-0.4, -0.2) is 102 Å². The van der Waals surface area contributed by atoms with Crippen molar-refractivity contribution in [2.75, 3.05) is 0 Å². The van der Waals surface area contributed by atoms with Crippen molar-refractivity contribution in [3.8, 4) is 23.0 Å². The van der Waals surface area contributed by atoms with Crippen LogP contribution in [0.4, 0.5) is 0 Å². The lowest BCUT2D eigenvalue weighted by molar-refractivity contribution is -0.122. The molecule has 12 aromatic carbocycles. The summed E-state index contributed by atoms with van der Waals surface area (Å²) in [5, 5.41) is 58.3. The lowest BCUT2D eigenvalue weighted by Gasteiger charge is -2.17. The van der Waals surface area contributed by atoms with Crippen LogP contribution in [0.2, 0.25) is 0 Å². The van der Waals surface area contributed by atoms with E-state index in [4.69, 9.17) is 0 Å². The summed E-state index contributed by atoms with van der Waals surface area (Å²) >= 11 is 0. The lowest BCUT2D eigenvalue weighted by atomic mass is 10.0. The number of phenols is 4. The number of carbonyl (C=O) groups excluding carboxylic acids is 6. The molecule has 2 heterocycles. The molecule has 2 aromatic heterocycles. The summed E-state index contributed by atoms with van der Waals surface area (Å²) in [5.74, 6) is 1.60. The summed E-state index contributed by atoms with van der Waals surface area (Å²) < 4.78 is 0. The van der Waals surface area contributed by atoms with E-state index in [1.165, 1.54) is 55.3 Å². The molecular formula is C118H140N8O10. The molecule has 14 rings (SSSR count). The van der Waals surface area contributed by atoms with Gasteiger partial charge in [0.25, 0.3) is 0 Å². The molecule has 0 spiro atoms. The fraction of sp³-hybridized carbons (Fsp3) is 0.305. The number of amides is 6. The van der Waals surface area contributed by atoms with E-state index in [1.807, 2.05) is 201 Å². The average molecular weight is 1830 g/mol. The minimum Gasteiger partial charge on any atom is -0.508 e. The smallest absolute Gasteiger partial charge is 0.220 e. The van der Waals surface area contributed by atoms with Gasteiger partial charge in [-0.2, -0.15) is 0 Å². The predicted molar refractivity (Wildman–Crippen MR) is 553 cm³/mol. The van der Waals surface area contributed by atoms with Gasteiger partial charge in [0.1, 0.15) is 23.0 Å². The maximum Gasteiger partial charge on any atom is 0.220 e. The first kappa shape index (κ1) is 105. The van der Waals surface area contributed by atoms with Gasteiger partial charge >= 0.3 is 0 Å². The van der Waals surface area contributed by atoms with Crippen molar-refractivity contribution in [1.29, 1.82) is 0 Å². The van der Waals surface area contributed by atoms with E-state index in [-0.39, 0.29) is 94.7 Å². The second-order valence-corrected chi connectivity index (χ2v) is 34.6. The van der Waals surface area contributed by atoms with Crippen LogP contribution in [0.15, 0.2) is 340 Å². The molecule has 0 aliphatic heterocycles. The van der Waals surface area contributed by atoms with Crippen molar-refractivity contribution in [1.82, 2.24) is 41.9 Å². The second kappa shape index (κ2) is 60.1. The number of aryl methyl sites for hydroxylation is 6. The van der Waals surface area contributed by atoms with Crippen LogP contribution in [0.5, 0.6) is 23.0 Å². The molecule has 0 fully saturated rings. The van der Waals surface area contributed by atoms with Crippen molar-refractivity contribution < 1.29 is 49.2 Å². The van der Waals surface area contributed by atoms with Crippen LogP contribution in [0.1, 0.15) is 185 Å². The third-order valence-electron chi connectivity index (χ3n) is 24.0. The number of benzene rings is 12. The largest absolute Gasteiger partial charge is 0.508 e. The van der Waals surface area contributed by atoms with Crippen molar-refractivity contribution >= 4 is 57.2 Å². The van der Waals surface area contributed by atoms with Gasteiger partial charge in [-0.3, -0.25) is 28.8 Å². The molecule has 0 saturated heterocycles. The molecule has 0 radical (unpaired) electrons. The number of nitrogens with one attached hydrogen (secondary N) is 8. The molecule has 18 heteroatoms. The van der Waals surface area contributed by atoms with E-state index in [0.717, 1.165) is 136 Å². The van der Waals surface area contributed by atoms with Crippen molar-refractivity contribution in [2.45, 2.75) is 232 Å². The summed E-state index contributed by atoms with van der Waals surface area (Å²) in [6.07, 6.45) is 22.1. The fourth-order valence-electron chi connectivity index (χ4n) is 15.8. The number of hydrogen-bond acceptors (Lipinski definition) is 10. The Hall–Kier alpha value is -14.3. The van der Waals surface area contributed by atoms with Crippen molar-refractivity contribution in [2.24, 2.45) is 0 Å². The first-order valence-electron chi connectivity index (χ1n) is 48.4. The SMILES string of the molecule is CCC(Cc1c[nH]c2ccccc12)NC(=O)CCc1ccccc1.CCC(Cc1ccc(O)cc1)NC(=O)CCc1ccc(O)cc1.CCC(Cc1ccc(O)cc1)NC(=O)CCc1ccccc1.CCC(Cc1ccccc1)NC(=O)CCc1c[nH]c2ccccc12.CCC(Cc1ccccc1)NC(=O)CCc1ccc(O)cc1.CCC(Cc1ccccc1)NC(=O)CCc1ccccc1. The normalized spacial score (nSPS) is 12.0. The highest BCUT2D eigenvalue weighted by atomic mass is 16.3. The number of rotatable bonds is 42. The van der Waals surface area contributed by atoms with E-state index in [1.54, 1.807) is 48.5 Å². The molecule has 0 aliphatic rings. The Balaban J connectivity index is 0.000000183. The quantitative estimate of drug-likeness (QED) is 0.0172. The average Bonchev–Trinajstić information content (AvgIpc) is 1.70. The minimum atomic E-state index is 0.0312. The van der Waals surface area contributed by atoms with E-state index < -0.39 is 0 Å². The molecule has 0 bridgehead atoms. The van der Waals surface area contributed by atoms with Gasteiger partial charge in [-0.1, -0.05) is 308 Å². The number of phenolic OH excluding ortho intramolecular Hbond substituents is 4. The standard InChI is InChI=1S/2C21H24N2O.C19H23NO3.2C19H23NO2.C19H23NO/c1-2-18(14-16-8-4-3-5-9-16)23-21(24)13-12-17-15-22-20-11-7-6-10-19(17)20;1-2-18(14-17-15-22-20-11-7-6-10-19(17)20)23-21(24)13-12-16-8-4-3-5-9-16;1-2-16(13-15-5-10-18(22)11-6-15)20-19(23)12-7-14-3-8-17(21)9-4-14;1-2-17(14-16-6-4-3-5-7-16)20-19(22)13-10-15-8-11-18(21)12-9-15;1-2-17(14-16-8-11-18(21)12-9-16)20-19(22)13-10-15-6-4-3-5-7-15;1-2-18(15-17-11-7-4-8-12-17)20-19(21)14-13-16-9-5-3-6-10-16/h2*3-11,15,18,22H,2,12-14H2,1H3,(H,23,24);3-6,8-11,16,21-22H,2,7,12-13H2,1H3,(H,20,23);2*3-9,11-12,17,21H,2,10,13-14H2,1H3,(H,20,22);3-12,18H,2,13-15H2,1H3,(H,20,21). The molecular weight excluding hydrogens is 1690 g/mol. The van der Waals surface area contributed by atoms with Crippen LogP contribution in [0, 0.1) is 0 Å². The summed E-state index contributed by atoms with van der Waals surface area (Å²) in [6.45, 7) is 12.6. The predicted octanol–water partition coefficient (Wildman–Crippen LogP) is 22.3. The molecule has 18 nitrogen and oxygen atoms in total. The number of aromatic hydroxyl groups is 4. The summed E-state index contributed by atoms with van der Waals surface area (Å²) in [7, 11) is 0. The van der Waals surface area contributed by atoms with Crippen LogP contribution in [-0.2, 0) is 106 Å². The molecule has 6 unspecified atom stereocenters. The van der Waals surface area contributed by atoms with Crippen LogP contribution in [0.3, 0.4) is 0 Å². The molecule has 136 heavy (non-hydrogen) atoms. The van der Waals surface area contributed by atoms with Crippen molar-refractivity contribution in [3.63, 3.8) is 0 Å². The molecule has 6 atom stereocenters. The third-order valence-corrected chi connectivity index (χ3v) is 24.0. The molecule has 12 N–H and O–H groups in total. The highest BCUT2D eigenvalue weighted by Crippen LogP contribution is 2.24. The monoisotopic (exact) mass is 1830 g/mol. The zero-order valence-corrected chi connectivity index (χ0v) is 80.0. The Bertz CT molecular complexity index is 5730. The second-order valence-electron chi connectivity index (χ2n) is 34.6. The van der Waals surface area contributed by atoms with Gasteiger partial charge in [-0.25, -0.2) is 0 Å². The topological polar surface area (TPSA) is 287 Å². The summed E-state index contributed by atoms with van der Waals surface area (Å²) in [4.78, 5) is 79.5. The first-order valence-corrected chi connectivity index (χ1v) is 48.4. The maximum absolute atomic E-state index is 12.3. The summed E-state index contributed by atoms with van der Waals surface area (Å²) in [5.41, 5.74) is 16.4. The highest BCUT2D eigenvalue weighted by Gasteiger charge is 2.20. The third kappa shape index (κ3) is 40.7. The number of hydrogen-bond donors (Lipinski definition) is 12. The van der Waals surface area contributed by atoms with E-state index in [0.29, 0.717) is 51.4 Å². The van der Waals surface area contributed by atoms with Gasteiger partial charge in [0.15, 0.2) is 0 Å². The van der Waals surface area contributed by atoms with Gasteiger partial charge < -0.3 is 62.3 Å². The van der Waals surface area contributed by atoms with Crippen LogP contribution < -0.4 is 31.9 Å². The Morgan fingerprint density at radius 3 is 0.647 bits per heavy atom. The number of aromatic nitrogens is 2. The van der Waals surface area contributed by atoms with E-state index in [2.05, 4.69) is 174 Å². The molecule has 0 aliphatic carbocycles. The van der Waals surface area contributed by atoms with Crippen molar-refractivity contribution in [3.05, 3.63) is 407 Å². The van der Waals surface area contributed by atoms with Gasteiger partial charge in [0.2, 0.25) is 35.4 Å². The molecule has 712 valence electrons. The van der Waals surface area contributed by atoms with Crippen LogP contribution >= 0.6 is 0 Å². The lowest BCUT2D eigenvalue weighted by Crippen LogP contribution is -2.36. The maximum atomic E-state index is 12.3. The van der Waals surface area contributed by atoms with Gasteiger partial charge in [-0.15, -0.1) is 0 Å². The van der Waals surface area contributed by atoms with Gasteiger partial charge in [0, 0.05) is 109 Å². The Kier molecular flexibility index (Phi) is 46.6. The Morgan fingerprint density at radius 1 is 0.213 bits per heavy atom. The molecule has 14 aromatic rings. The first-order chi connectivity index (χ1) is 66.2. The Labute approximate surface area is 805 Å². The van der Waals surface area contributed by atoms with Crippen LogP contribution in [0.25, 0.3) is 21.8 Å². The Morgan fingerprint density at radius 2 is 0.397 bits per heavy atom. The van der Waals surface area contributed by atoms with Gasteiger partial charge in [0.05, 0.1) is 0 Å². The fourth-order valence-corrected chi connectivity index (χ4v) is 15.8. The number of para-hydroxylation sites is 2. The highest BCUT2D eigenvalue weighted by molar-refractivity contribution is 5.85. The van der Waals surface area contributed by atoms with Gasteiger partial charge in [-0.05, 0) is 243 Å². The zero-order chi connectivity index (χ0) is 96.7. The van der Waals surface area contributed by atoms with E-state index >= 15 is 0 Å². The number of fused-ring (bicyclic) bond motifs is 2. The molecule has 0 saturated carbocycles. The minimum absolute atomic E-state index is 0.0312. The number of aromatic amines is 2. The number of H-pyrrole nitrogens is 2. The zero-order valence-electron chi connectivity index (χ0n) is 80.0.